The third-order valence-corrected chi connectivity index (χ3v) is 4.53. The highest BCUT2D eigenvalue weighted by Crippen LogP contribution is 2.40. The zero-order valence-electron chi connectivity index (χ0n) is 9.84. The van der Waals surface area contributed by atoms with Crippen LogP contribution in [-0.4, -0.2) is 28.9 Å². The molecule has 1 aromatic rings. The molecule has 1 amide bonds. The summed E-state index contributed by atoms with van der Waals surface area (Å²) in [5.74, 6) is -1.59. The van der Waals surface area contributed by atoms with E-state index in [2.05, 4.69) is 6.92 Å². The lowest BCUT2D eigenvalue weighted by molar-refractivity contribution is -0.142. The van der Waals surface area contributed by atoms with Gasteiger partial charge in [0.15, 0.2) is 0 Å². The molecule has 1 aliphatic heterocycles. The summed E-state index contributed by atoms with van der Waals surface area (Å²) in [7, 11) is 1.68. The van der Waals surface area contributed by atoms with Crippen molar-refractivity contribution >= 4 is 23.2 Å². The highest BCUT2D eigenvalue weighted by Gasteiger charge is 2.43. The van der Waals surface area contributed by atoms with Gasteiger partial charge in [0.2, 0.25) is 5.91 Å². The van der Waals surface area contributed by atoms with Crippen molar-refractivity contribution in [2.75, 3.05) is 7.05 Å². The van der Waals surface area contributed by atoms with Gasteiger partial charge >= 0.3 is 5.97 Å². The predicted octanol–water partition coefficient (Wildman–Crippen LogP) is 1.91. The van der Waals surface area contributed by atoms with Crippen LogP contribution in [0.3, 0.4) is 0 Å². The molecule has 1 saturated heterocycles. The second-order valence-electron chi connectivity index (χ2n) is 4.26. The molecule has 0 saturated carbocycles. The number of nitrogens with zero attached hydrogens (tertiary/aromatic N) is 1. The van der Waals surface area contributed by atoms with Crippen molar-refractivity contribution < 1.29 is 14.7 Å². The van der Waals surface area contributed by atoms with E-state index in [0.29, 0.717) is 0 Å². The second kappa shape index (κ2) is 4.49. The Labute approximate surface area is 104 Å². The summed E-state index contributed by atoms with van der Waals surface area (Å²) in [6, 6.07) is 3.65. The van der Waals surface area contributed by atoms with Gasteiger partial charge < -0.3 is 10.0 Å². The monoisotopic (exact) mass is 253 g/mol. The van der Waals surface area contributed by atoms with Gasteiger partial charge in [0.1, 0.15) is 0 Å². The lowest BCUT2D eigenvalue weighted by Gasteiger charge is -2.21. The van der Waals surface area contributed by atoms with Crippen molar-refractivity contribution in [3.05, 3.63) is 21.9 Å². The molecule has 0 aromatic carbocycles. The minimum absolute atomic E-state index is 0.0890. The number of aliphatic carboxylic acids is 1. The first kappa shape index (κ1) is 12.1. The fraction of sp³-hybridized carbons (Fsp3) is 0.500. The molecule has 1 aromatic heterocycles. The van der Waals surface area contributed by atoms with E-state index in [1.807, 2.05) is 12.1 Å². The molecule has 92 valence electrons. The average molecular weight is 253 g/mol. The molecule has 2 heterocycles. The number of carbonyl (C=O) groups excluding carboxylic acids is 1. The predicted molar refractivity (Wildman–Crippen MR) is 65.0 cm³/mol. The molecule has 0 aliphatic carbocycles. The molecule has 1 fully saturated rings. The molecular formula is C12H15NO3S. The van der Waals surface area contributed by atoms with E-state index in [1.165, 1.54) is 4.88 Å². The largest absolute Gasteiger partial charge is 0.481 e. The van der Waals surface area contributed by atoms with Gasteiger partial charge in [-0.2, -0.15) is 0 Å². The van der Waals surface area contributed by atoms with Gasteiger partial charge in [0, 0.05) is 23.2 Å². The van der Waals surface area contributed by atoms with Crippen molar-refractivity contribution in [3.63, 3.8) is 0 Å². The summed E-state index contributed by atoms with van der Waals surface area (Å²) in [5, 5.41) is 9.17. The van der Waals surface area contributed by atoms with E-state index in [4.69, 9.17) is 0 Å². The Morgan fingerprint density at radius 2 is 2.29 bits per heavy atom. The SMILES string of the molecule is CCc1ccc(C2C(C(=O)O)CC(=O)N2C)s1. The van der Waals surface area contributed by atoms with Crippen LogP contribution in [-0.2, 0) is 16.0 Å². The number of thiophene rings is 1. The third-order valence-electron chi connectivity index (χ3n) is 3.23. The number of carbonyl (C=O) groups is 2. The van der Waals surface area contributed by atoms with Crippen LogP contribution < -0.4 is 0 Å². The Bertz CT molecular complexity index is 454. The number of amides is 1. The van der Waals surface area contributed by atoms with Gasteiger partial charge in [-0.25, -0.2) is 0 Å². The number of hydrogen-bond donors (Lipinski definition) is 1. The highest BCUT2D eigenvalue weighted by atomic mass is 32.1. The maximum absolute atomic E-state index is 11.6. The molecule has 0 spiro atoms. The summed E-state index contributed by atoms with van der Waals surface area (Å²) < 4.78 is 0. The zero-order valence-corrected chi connectivity index (χ0v) is 10.7. The fourth-order valence-corrected chi connectivity index (χ4v) is 3.39. The van der Waals surface area contributed by atoms with Crippen molar-refractivity contribution in [2.24, 2.45) is 5.92 Å². The molecule has 5 heteroatoms. The van der Waals surface area contributed by atoms with E-state index in [9.17, 15) is 14.7 Å². The molecule has 0 radical (unpaired) electrons. The molecular weight excluding hydrogens is 238 g/mol. The first-order valence-electron chi connectivity index (χ1n) is 5.61. The summed E-state index contributed by atoms with van der Waals surface area (Å²) in [6.45, 7) is 2.06. The van der Waals surface area contributed by atoms with Gasteiger partial charge in [-0.3, -0.25) is 9.59 Å². The first-order valence-corrected chi connectivity index (χ1v) is 6.43. The number of rotatable bonds is 3. The summed E-state index contributed by atoms with van der Waals surface area (Å²) in [6.07, 6.45) is 1.04. The quantitative estimate of drug-likeness (QED) is 0.895. The molecule has 2 atom stereocenters. The number of carboxylic acids is 1. The Morgan fingerprint density at radius 3 is 2.82 bits per heavy atom. The van der Waals surface area contributed by atoms with Crippen LogP contribution in [0.2, 0.25) is 0 Å². The average Bonchev–Trinajstić information content (AvgIpc) is 2.85. The molecule has 2 unspecified atom stereocenters. The molecule has 2 rings (SSSR count). The molecule has 1 N–H and O–H groups in total. The summed E-state index contributed by atoms with van der Waals surface area (Å²) in [4.78, 5) is 26.5. The topological polar surface area (TPSA) is 57.6 Å². The maximum atomic E-state index is 11.6. The van der Waals surface area contributed by atoms with Gasteiger partial charge in [0.05, 0.1) is 12.0 Å². The number of carboxylic acid groups (broad SMARTS) is 1. The summed E-state index contributed by atoms with van der Waals surface area (Å²) in [5.41, 5.74) is 0. The zero-order chi connectivity index (χ0) is 12.6. The molecule has 17 heavy (non-hydrogen) atoms. The van der Waals surface area contributed by atoms with Crippen molar-refractivity contribution in [2.45, 2.75) is 25.8 Å². The summed E-state index contributed by atoms with van der Waals surface area (Å²) >= 11 is 1.60. The minimum Gasteiger partial charge on any atom is -0.481 e. The fourth-order valence-electron chi connectivity index (χ4n) is 2.22. The van der Waals surface area contributed by atoms with Crippen LogP contribution in [0, 0.1) is 5.92 Å². The van der Waals surface area contributed by atoms with Crippen molar-refractivity contribution in [1.29, 1.82) is 0 Å². The van der Waals surface area contributed by atoms with E-state index in [-0.39, 0.29) is 18.4 Å². The lowest BCUT2D eigenvalue weighted by atomic mass is 9.99. The Hall–Kier alpha value is -1.36. The van der Waals surface area contributed by atoms with E-state index < -0.39 is 11.9 Å². The Kier molecular flexibility index (Phi) is 3.19. The van der Waals surface area contributed by atoms with Crippen molar-refractivity contribution in [3.8, 4) is 0 Å². The van der Waals surface area contributed by atoms with Crippen LogP contribution in [0.4, 0.5) is 0 Å². The van der Waals surface area contributed by atoms with Gasteiger partial charge in [-0.1, -0.05) is 6.92 Å². The Balaban J connectivity index is 2.33. The van der Waals surface area contributed by atoms with E-state index >= 15 is 0 Å². The number of hydrogen-bond acceptors (Lipinski definition) is 3. The second-order valence-corrected chi connectivity index (χ2v) is 5.46. The van der Waals surface area contributed by atoms with Crippen LogP contribution in [0.25, 0.3) is 0 Å². The van der Waals surface area contributed by atoms with Crippen LogP contribution in [0.15, 0.2) is 12.1 Å². The normalized spacial score (nSPS) is 24.4. The minimum atomic E-state index is -0.890. The van der Waals surface area contributed by atoms with Gasteiger partial charge in [0.25, 0.3) is 0 Å². The van der Waals surface area contributed by atoms with Crippen molar-refractivity contribution in [1.82, 2.24) is 4.90 Å². The molecule has 1 aliphatic rings. The first-order chi connectivity index (χ1) is 8.04. The molecule has 4 nitrogen and oxygen atoms in total. The highest BCUT2D eigenvalue weighted by molar-refractivity contribution is 7.12. The van der Waals surface area contributed by atoms with Gasteiger partial charge in [-0.15, -0.1) is 11.3 Å². The van der Waals surface area contributed by atoms with E-state index in [0.717, 1.165) is 11.3 Å². The van der Waals surface area contributed by atoms with Crippen LogP contribution in [0.5, 0.6) is 0 Å². The number of likely N-dealkylation sites (tertiary alicyclic amines) is 1. The van der Waals surface area contributed by atoms with E-state index in [1.54, 1.807) is 23.3 Å². The standard InChI is InChI=1S/C12H15NO3S/c1-3-7-4-5-9(17-7)11-8(12(15)16)6-10(14)13(11)2/h4-5,8,11H,3,6H2,1-2H3,(H,15,16). The molecule has 0 bridgehead atoms. The third kappa shape index (κ3) is 2.07. The maximum Gasteiger partial charge on any atom is 0.309 e. The van der Waals surface area contributed by atoms with Crippen LogP contribution in [0.1, 0.15) is 29.1 Å². The lowest BCUT2D eigenvalue weighted by Crippen LogP contribution is -2.26. The number of aryl methyl sites for hydroxylation is 1. The smallest absolute Gasteiger partial charge is 0.309 e. The van der Waals surface area contributed by atoms with Crippen LogP contribution >= 0.6 is 11.3 Å². The van der Waals surface area contributed by atoms with Gasteiger partial charge in [-0.05, 0) is 18.6 Å². The Morgan fingerprint density at radius 1 is 1.59 bits per heavy atom.